The molecule has 5 N–H and O–H groups in total. The molecule has 0 radical (unpaired) electrons. The first-order chi connectivity index (χ1) is 19.0. The van der Waals surface area contributed by atoms with E-state index < -0.39 is 22.0 Å². The van der Waals surface area contributed by atoms with Gasteiger partial charge in [-0.3, -0.25) is 4.79 Å². The van der Waals surface area contributed by atoms with Crippen LogP contribution in [0.15, 0.2) is 83.2 Å². The lowest BCUT2D eigenvalue weighted by Crippen LogP contribution is -2.42. The molecule has 1 aliphatic rings. The lowest BCUT2D eigenvalue weighted by atomic mass is 10.1. The molecule has 1 amide bonds. The molecule has 3 aromatic carbocycles. The number of sulfonamides is 1. The fourth-order valence-electron chi connectivity index (χ4n) is 4.33. The second-order valence-corrected chi connectivity index (χ2v) is 11.5. The minimum Gasteiger partial charge on any atom is -0.478 e. The van der Waals surface area contributed by atoms with Crippen molar-refractivity contribution in [1.29, 1.82) is 0 Å². The Labute approximate surface area is 237 Å². The molecule has 1 fully saturated rings. The Morgan fingerprint density at radius 3 is 2.23 bits per heavy atom. The molecule has 1 aliphatic heterocycles. The minimum atomic E-state index is -3.75. The van der Waals surface area contributed by atoms with Gasteiger partial charge in [-0.2, -0.15) is 4.31 Å². The fraction of sp³-hybridized carbons (Fsp3) is 0.179. The van der Waals surface area contributed by atoms with Crippen LogP contribution in [0.25, 0.3) is 6.08 Å². The smallest absolute Gasteiger partial charge is 0.335 e. The number of aromatic carboxylic acids is 1. The summed E-state index contributed by atoms with van der Waals surface area (Å²) in [5.41, 5.74) is 13.2. The van der Waals surface area contributed by atoms with Gasteiger partial charge in [0, 0.05) is 41.7 Å². The summed E-state index contributed by atoms with van der Waals surface area (Å²) in [6, 6.07) is 19.0. The average Bonchev–Trinajstić information content (AvgIpc) is 3.43. The van der Waals surface area contributed by atoms with Crippen LogP contribution in [0, 0.1) is 0 Å². The van der Waals surface area contributed by atoms with Gasteiger partial charge >= 0.3 is 5.97 Å². The number of nitrogens with two attached hydrogens (primary N) is 2. The van der Waals surface area contributed by atoms with Crippen molar-refractivity contribution in [3.63, 3.8) is 0 Å². The third kappa shape index (κ3) is 7.26. The molecule has 12 heteroatoms. The first kappa shape index (κ1) is 28.8. The Morgan fingerprint density at radius 2 is 1.62 bits per heavy atom. The second kappa shape index (κ2) is 12.3. The molecule has 4 rings (SSSR count). The predicted molar refractivity (Wildman–Crippen MR) is 155 cm³/mol. The Hall–Kier alpha value is -4.19. The number of carboxylic acid groups (broad SMARTS) is 1. The summed E-state index contributed by atoms with van der Waals surface area (Å²) < 4.78 is 27.5. The Bertz CT molecular complexity index is 1540. The Morgan fingerprint density at radius 1 is 1.00 bits per heavy atom. The molecule has 0 aliphatic carbocycles. The van der Waals surface area contributed by atoms with Crippen LogP contribution in [0.5, 0.6) is 0 Å². The lowest BCUT2D eigenvalue weighted by Gasteiger charge is -2.29. The molecule has 0 saturated carbocycles. The zero-order valence-electron chi connectivity index (χ0n) is 21.4. The highest BCUT2D eigenvalue weighted by Crippen LogP contribution is 2.25. The molecule has 1 heterocycles. The topological polar surface area (TPSA) is 159 Å². The van der Waals surface area contributed by atoms with E-state index in [9.17, 15) is 23.1 Å². The van der Waals surface area contributed by atoms with Gasteiger partial charge < -0.3 is 21.5 Å². The average molecular weight is 582 g/mol. The molecule has 10 nitrogen and oxygen atoms in total. The molecule has 0 bridgehead atoms. The van der Waals surface area contributed by atoms with Crippen LogP contribution >= 0.6 is 11.6 Å². The van der Waals surface area contributed by atoms with Crippen molar-refractivity contribution >= 4 is 51.2 Å². The monoisotopic (exact) mass is 581 g/mol. The van der Waals surface area contributed by atoms with Gasteiger partial charge in [-0.05, 0) is 72.2 Å². The third-order valence-electron chi connectivity index (χ3n) is 6.42. The quantitative estimate of drug-likeness (QED) is 0.257. The number of hydrogen-bond donors (Lipinski definition) is 3. The molecule has 40 heavy (non-hydrogen) atoms. The highest BCUT2D eigenvalue weighted by Gasteiger charge is 2.35. The van der Waals surface area contributed by atoms with E-state index in [1.54, 1.807) is 65.6 Å². The number of rotatable bonds is 9. The molecule has 1 saturated heterocycles. The van der Waals surface area contributed by atoms with Crippen LogP contribution in [-0.4, -0.2) is 59.7 Å². The zero-order chi connectivity index (χ0) is 28.9. The summed E-state index contributed by atoms with van der Waals surface area (Å²) in [5.74, 6) is -1.47. The lowest BCUT2D eigenvalue weighted by molar-refractivity contribution is 0.0666. The van der Waals surface area contributed by atoms with Gasteiger partial charge in [0.15, 0.2) is 5.96 Å². The summed E-state index contributed by atoms with van der Waals surface area (Å²) >= 11 is 5.90. The van der Waals surface area contributed by atoms with Gasteiger partial charge in [-0.25, -0.2) is 18.2 Å². The van der Waals surface area contributed by atoms with Crippen LogP contribution in [0.1, 0.15) is 38.3 Å². The first-order valence-electron chi connectivity index (χ1n) is 12.3. The van der Waals surface area contributed by atoms with E-state index in [2.05, 4.69) is 4.99 Å². The first-order valence-corrected chi connectivity index (χ1v) is 14.2. The standard InChI is InChI=1S/C28H28ClN5O5S/c29-23-9-3-19(4-10-23)14-16-40(38,39)33-15-13-25(18-33)34(17-20-1-5-22(6-2-20)27(36)37)26(35)21-7-11-24(12-8-21)32-28(30)31/h1-12,14,16,25H,13,15,17-18H2,(H,36,37)(H4,30,31,32). The van der Waals surface area contributed by atoms with Crippen molar-refractivity contribution in [2.24, 2.45) is 16.5 Å². The number of carbonyl (C=O) groups excluding carboxylic acids is 1. The fourth-order valence-corrected chi connectivity index (χ4v) is 5.70. The number of hydrogen-bond acceptors (Lipinski definition) is 5. The predicted octanol–water partition coefficient (Wildman–Crippen LogP) is 3.66. The van der Waals surface area contributed by atoms with Gasteiger partial charge in [0.05, 0.1) is 11.3 Å². The number of guanidine groups is 1. The van der Waals surface area contributed by atoms with Crippen molar-refractivity contribution in [2.45, 2.75) is 19.0 Å². The van der Waals surface area contributed by atoms with Crippen LogP contribution in [0.4, 0.5) is 5.69 Å². The van der Waals surface area contributed by atoms with Crippen LogP contribution in [-0.2, 0) is 16.6 Å². The van der Waals surface area contributed by atoms with Crippen molar-refractivity contribution < 1.29 is 23.1 Å². The van der Waals surface area contributed by atoms with Crippen molar-refractivity contribution in [3.05, 3.63) is 105 Å². The third-order valence-corrected chi connectivity index (χ3v) is 8.20. The van der Waals surface area contributed by atoms with Crippen molar-refractivity contribution in [3.8, 4) is 0 Å². The van der Waals surface area contributed by atoms with Crippen LogP contribution in [0.3, 0.4) is 0 Å². The van der Waals surface area contributed by atoms with Gasteiger partial charge in [0.2, 0.25) is 10.0 Å². The van der Waals surface area contributed by atoms with Gasteiger partial charge in [0.25, 0.3) is 5.91 Å². The van der Waals surface area contributed by atoms with Gasteiger partial charge in [0.1, 0.15) is 0 Å². The van der Waals surface area contributed by atoms with Crippen molar-refractivity contribution in [1.82, 2.24) is 9.21 Å². The summed E-state index contributed by atoms with van der Waals surface area (Å²) in [7, 11) is -3.75. The molecule has 3 aromatic rings. The zero-order valence-corrected chi connectivity index (χ0v) is 22.9. The number of halogens is 1. The molecule has 1 atom stereocenters. The Kier molecular flexibility index (Phi) is 8.88. The van der Waals surface area contributed by atoms with E-state index >= 15 is 0 Å². The van der Waals surface area contributed by atoms with Crippen molar-refractivity contribution in [2.75, 3.05) is 13.1 Å². The summed E-state index contributed by atoms with van der Waals surface area (Å²) in [5, 5.41) is 10.9. The van der Waals surface area contributed by atoms with E-state index in [-0.39, 0.29) is 37.1 Å². The summed E-state index contributed by atoms with van der Waals surface area (Å²) in [4.78, 5) is 30.5. The number of carbonyl (C=O) groups is 2. The molecular formula is C28H28ClN5O5S. The SMILES string of the molecule is NC(N)=Nc1ccc(C(=O)N(Cc2ccc(C(=O)O)cc2)C2CCN(S(=O)(=O)C=Cc3ccc(Cl)cc3)C2)cc1. The highest BCUT2D eigenvalue weighted by atomic mass is 35.5. The maximum absolute atomic E-state index is 13.7. The van der Waals surface area contributed by atoms with E-state index in [4.69, 9.17) is 23.1 Å². The number of aliphatic imine (C=N–C) groups is 1. The second-order valence-electron chi connectivity index (χ2n) is 9.22. The highest BCUT2D eigenvalue weighted by molar-refractivity contribution is 7.92. The van der Waals surface area contributed by atoms with Crippen LogP contribution < -0.4 is 11.5 Å². The molecule has 0 spiro atoms. The maximum Gasteiger partial charge on any atom is 0.335 e. The Balaban J connectivity index is 1.57. The normalized spacial score (nSPS) is 15.7. The van der Waals surface area contributed by atoms with E-state index in [1.165, 1.54) is 22.5 Å². The van der Waals surface area contributed by atoms with E-state index in [0.717, 1.165) is 5.41 Å². The van der Waals surface area contributed by atoms with E-state index in [0.29, 0.717) is 33.8 Å². The minimum absolute atomic E-state index is 0.108. The molecule has 1 unspecified atom stereocenters. The van der Waals surface area contributed by atoms with Crippen LogP contribution in [0.2, 0.25) is 5.02 Å². The summed E-state index contributed by atoms with van der Waals surface area (Å²) in [6.07, 6.45) is 1.93. The molecule has 208 valence electrons. The van der Waals surface area contributed by atoms with Gasteiger partial charge in [-0.15, -0.1) is 0 Å². The number of amides is 1. The number of benzene rings is 3. The maximum atomic E-state index is 13.7. The molecule has 0 aromatic heterocycles. The number of carboxylic acids is 1. The molecular weight excluding hydrogens is 554 g/mol. The largest absolute Gasteiger partial charge is 0.478 e. The van der Waals surface area contributed by atoms with Gasteiger partial charge in [-0.1, -0.05) is 35.9 Å². The van der Waals surface area contributed by atoms with E-state index in [1.807, 2.05) is 0 Å². The summed E-state index contributed by atoms with van der Waals surface area (Å²) in [6.45, 7) is 0.509. The number of nitrogens with zero attached hydrogens (tertiary/aromatic N) is 3.